The highest BCUT2D eigenvalue weighted by Crippen LogP contribution is 2.17. The van der Waals surface area contributed by atoms with E-state index in [0.717, 1.165) is 31.9 Å². The third kappa shape index (κ3) is 2.72. The number of nitrogens with zero attached hydrogens (tertiary/aromatic N) is 1. The van der Waals surface area contributed by atoms with E-state index in [1.165, 1.54) is 18.4 Å². The van der Waals surface area contributed by atoms with Crippen molar-refractivity contribution in [1.29, 1.82) is 0 Å². The Hall–Kier alpha value is -1.35. The predicted octanol–water partition coefficient (Wildman–Crippen LogP) is 2.17. The molecule has 3 heteroatoms. The molecule has 1 aromatic carbocycles. The lowest BCUT2D eigenvalue weighted by Crippen LogP contribution is -2.40. The summed E-state index contributed by atoms with van der Waals surface area (Å²) in [5, 5.41) is 3.49. The third-order valence-electron chi connectivity index (χ3n) is 3.66. The minimum Gasteiger partial charge on any atom is -0.478 e. The molecule has 2 atom stereocenters. The van der Waals surface area contributed by atoms with Crippen molar-refractivity contribution in [2.45, 2.75) is 37.8 Å². The van der Waals surface area contributed by atoms with E-state index in [9.17, 15) is 0 Å². The monoisotopic (exact) mass is 244 g/mol. The number of aliphatic imine (C=N–C) groups is 1. The summed E-state index contributed by atoms with van der Waals surface area (Å²) in [4.78, 5) is 4.74. The minimum absolute atomic E-state index is 0.297. The smallest absolute Gasteiger partial charge is 0.201 e. The topological polar surface area (TPSA) is 33.6 Å². The highest BCUT2D eigenvalue weighted by molar-refractivity contribution is 5.83. The van der Waals surface area contributed by atoms with E-state index in [4.69, 9.17) is 9.73 Å². The average Bonchev–Trinajstić information content (AvgIpc) is 2.89. The van der Waals surface area contributed by atoms with Crippen molar-refractivity contribution in [1.82, 2.24) is 5.32 Å². The van der Waals surface area contributed by atoms with Crippen LogP contribution in [0.2, 0.25) is 0 Å². The lowest BCUT2D eigenvalue weighted by molar-refractivity contribution is 0.291. The van der Waals surface area contributed by atoms with Gasteiger partial charge in [-0.25, -0.2) is 4.99 Å². The molecule has 0 amide bonds. The minimum atomic E-state index is 0.297. The molecule has 0 aromatic heterocycles. The van der Waals surface area contributed by atoms with Crippen molar-refractivity contribution < 1.29 is 4.74 Å². The van der Waals surface area contributed by atoms with E-state index < -0.39 is 0 Å². The molecule has 0 saturated carbocycles. The molecule has 2 aliphatic rings. The molecule has 96 valence electrons. The molecule has 1 fully saturated rings. The summed E-state index contributed by atoms with van der Waals surface area (Å²) in [7, 11) is 0. The Labute approximate surface area is 108 Å². The Bertz CT molecular complexity index is 410. The zero-order valence-electron chi connectivity index (χ0n) is 10.6. The first-order valence-corrected chi connectivity index (χ1v) is 6.89. The van der Waals surface area contributed by atoms with Crippen LogP contribution in [-0.2, 0) is 11.2 Å². The second kappa shape index (κ2) is 5.53. The van der Waals surface area contributed by atoms with Gasteiger partial charge < -0.3 is 10.1 Å². The highest BCUT2D eigenvalue weighted by atomic mass is 16.5. The lowest BCUT2D eigenvalue weighted by atomic mass is 10.0. The van der Waals surface area contributed by atoms with Gasteiger partial charge in [0, 0.05) is 0 Å². The van der Waals surface area contributed by atoms with E-state index in [1.807, 2.05) is 0 Å². The first-order chi connectivity index (χ1) is 8.92. The van der Waals surface area contributed by atoms with Crippen molar-refractivity contribution in [3.05, 3.63) is 35.9 Å². The fourth-order valence-corrected chi connectivity index (χ4v) is 2.68. The molecule has 0 spiro atoms. The van der Waals surface area contributed by atoms with Crippen LogP contribution in [-0.4, -0.2) is 31.1 Å². The van der Waals surface area contributed by atoms with Crippen molar-refractivity contribution in [2.24, 2.45) is 4.99 Å². The Morgan fingerprint density at radius 3 is 2.89 bits per heavy atom. The molecule has 18 heavy (non-hydrogen) atoms. The molecule has 1 saturated heterocycles. The Morgan fingerprint density at radius 1 is 1.22 bits per heavy atom. The Morgan fingerprint density at radius 2 is 2.11 bits per heavy atom. The van der Waals surface area contributed by atoms with Gasteiger partial charge in [0.2, 0.25) is 5.90 Å². The van der Waals surface area contributed by atoms with Gasteiger partial charge >= 0.3 is 0 Å². The van der Waals surface area contributed by atoms with Crippen molar-refractivity contribution in [3.63, 3.8) is 0 Å². The maximum absolute atomic E-state index is 5.76. The molecular formula is C15H20N2O. The fourth-order valence-electron chi connectivity index (χ4n) is 2.68. The molecule has 2 aliphatic heterocycles. The molecule has 3 rings (SSSR count). The highest BCUT2D eigenvalue weighted by Gasteiger charge is 2.26. The number of piperidine rings is 1. The van der Waals surface area contributed by atoms with Crippen LogP contribution in [0.1, 0.15) is 24.8 Å². The summed E-state index contributed by atoms with van der Waals surface area (Å²) in [5.74, 6) is 0.940. The maximum Gasteiger partial charge on any atom is 0.201 e. The van der Waals surface area contributed by atoms with Crippen LogP contribution >= 0.6 is 0 Å². The number of ether oxygens (including phenoxy) is 1. The van der Waals surface area contributed by atoms with E-state index in [-0.39, 0.29) is 0 Å². The average molecular weight is 244 g/mol. The zero-order chi connectivity index (χ0) is 12.2. The third-order valence-corrected chi connectivity index (χ3v) is 3.66. The number of hydrogen-bond acceptors (Lipinski definition) is 3. The van der Waals surface area contributed by atoms with Crippen LogP contribution in [0, 0.1) is 0 Å². The molecule has 3 nitrogen and oxygen atoms in total. The quantitative estimate of drug-likeness (QED) is 0.884. The molecular weight excluding hydrogens is 224 g/mol. The number of benzene rings is 1. The predicted molar refractivity (Wildman–Crippen MR) is 73.0 cm³/mol. The van der Waals surface area contributed by atoms with Gasteiger partial charge in [-0.1, -0.05) is 36.8 Å². The molecule has 2 heterocycles. The van der Waals surface area contributed by atoms with Crippen LogP contribution in [0.4, 0.5) is 0 Å². The first-order valence-electron chi connectivity index (χ1n) is 6.89. The van der Waals surface area contributed by atoms with Gasteiger partial charge in [-0.15, -0.1) is 0 Å². The molecule has 0 bridgehead atoms. The van der Waals surface area contributed by atoms with Crippen LogP contribution in [0.25, 0.3) is 0 Å². The van der Waals surface area contributed by atoms with Crippen molar-refractivity contribution >= 4 is 5.90 Å². The van der Waals surface area contributed by atoms with Crippen LogP contribution in [0.15, 0.2) is 35.3 Å². The summed E-state index contributed by atoms with van der Waals surface area (Å²) in [6, 6.07) is 11.2. The second-order valence-electron chi connectivity index (χ2n) is 5.12. The normalized spacial score (nSPS) is 27.7. The summed E-state index contributed by atoms with van der Waals surface area (Å²) in [6.45, 7) is 1.83. The SMILES string of the molecule is c1ccc(CC2COC(C3CCCCN3)=N2)cc1. The number of hydrogen-bond donors (Lipinski definition) is 1. The van der Waals surface area contributed by atoms with Crippen LogP contribution < -0.4 is 5.32 Å². The van der Waals surface area contributed by atoms with Gasteiger partial charge in [0.05, 0.1) is 12.1 Å². The van der Waals surface area contributed by atoms with Gasteiger partial charge in [0.25, 0.3) is 0 Å². The summed E-state index contributed by atoms with van der Waals surface area (Å²) in [6.07, 6.45) is 4.70. The first kappa shape index (κ1) is 11.7. The Kier molecular flexibility index (Phi) is 3.60. The second-order valence-corrected chi connectivity index (χ2v) is 5.12. The molecule has 0 radical (unpaired) electrons. The lowest BCUT2D eigenvalue weighted by Gasteiger charge is -2.22. The van der Waals surface area contributed by atoms with Crippen molar-refractivity contribution in [2.75, 3.05) is 13.2 Å². The number of nitrogens with one attached hydrogen (secondary N) is 1. The standard InChI is InChI=1S/C15H20N2O/c1-2-6-12(7-3-1)10-13-11-18-15(17-13)14-8-4-5-9-16-14/h1-3,6-7,13-14,16H,4-5,8-11H2. The maximum atomic E-state index is 5.76. The summed E-state index contributed by atoms with van der Waals surface area (Å²) in [5.41, 5.74) is 1.34. The largest absolute Gasteiger partial charge is 0.478 e. The molecule has 1 aromatic rings. The van der Waals surface area contributed by atoms with Crippen LogP contribution in [0.5, 0.6) is 0 Å². The van der Waals surface area contributed by atoms with E-state index >= 15 is 0 Å². The van der Waals surface area contributed by atoms with E-state index in [0.29, 0.717) is 12.1 Å². The van der Waals surface area contributed by atoms with Gasteiger partial charge in [-0.3, -0.25) is 0 Å². The number of rotatable bonds is 3. The van der Waals surface area contributed by atoms with Gasteiger partial charge in [-0.05, 0) is 31.4 Å². The molecule has 0 aliphatic carbocycles. The van der Waals surface area contributed by atoms with Crippen molar-refractivity contribution in [3.8, 4) is 0 Å². The fraction of sp³-hybridized carbons (Fsp3) is 0.533. The van der Waals surface area contributed by atoms with E-state index in [2.05, 4.69) is 35.6 Å². The molecule has 1 N–H and O–H groups in total. The van der Waals surface area contributed by atoms with E-state index in [1.54, 1.807) is 0 Å². The summed E-state index contributed by atoms with van der Waals surface area (Å²) >= 11 is 0. The van der Waals surface area contributed by atoms with Gasteiger partial charge in [0.1, 0.15) is 6.61 Å². The van der Waals surface area contributed by atoms with Gasteiger partial charge in [0.15, 0.2) is 0 Å². The summed E-state index contributed by atoms with van der Waals surface area (Å²) < 4.78 is 5.76. The van der Waals surface area contributed by atoms with Crippen LogP contribution in [0.3, 0.4) is 0 Å². The zero-order valence-corrected chi connectivity index (χ0v) is 10.6. The Balaban J connectivity index is 1.61. The molecule has 2 unspecified atom stereocenters. The van der Waals surface area contributed by atoms with Gasteiger partial charge in [-0.2, -0.15) is 0 Å².